The molecule has 30 heavy (non-hydrogen) atoms. The minimum Gasteiger partial charge on any atom is -0.493 e. The number of nitrogens with one attached hydrogen (secondary N) is 2. The molecule has 7 nitrogen and oxygen atoms in total. The lowest BCUT2D eigenvalue weighted by molar-refractivity contribution is -0.126. The summed E-state index contributed by atoms with van der Waals surface area (Å²) in [5, 5.41) is 6.63. The normalized spacial score (nSPS) is 10.7. The zero-order chi connectivity index (χ0) is 21.9. The fourth-order valence-corrected chi connectivity index (χ4v) is 3.12. The molecule has 0 saturated carbocycles. The summed E-state index contributed by atoms with van der Waals surface area (Å²) in [5.41, 5.74) is 4.66. The molecule has 2 amide bonds. The van der Waals surface area contributed by atoms with Gasteiger partial charge in [0.05, 0.1) is 24.4 Å². The van der Waals surface area contributed by atoms with Crippen molar-refractivity contribution in [1.29, 1.82) is 0 Å². The van der Waals surface area contributed by atoms with Crippen LogP contribution in [0.1, 0.15) is 37.3 Å². The summed E-state index contributed by atoms with van der Waals surface area (Å²) in [6.45, 7) is 4.57. The first kappa shape index (κ1) is 23.4. The molecule has 0 aromatic heterocycles. The Morgan fingerprint density at radius 3 is 2.67 bits per heavy atom. The van der Waals surface area contributed by atoms with Crippen molar-refractivity contribution < 1.29 is 19.1 Å². The van der Waals surface area contributed by atoms with Gasteiger partial charge in [-0.25, -0.2) is 5.43 Å². The number of ether oxygens (including phenoxy) is 2. The first-order chi connectivity index (χ1) is 14.4. The third kappa shape index (κ3) is 7.18. The van der Waals surface area contributed by atoms with Crippen LogP contribution in [0.15, 0.2) is 46.0 Å². The number of rotatable bonds is 10. The summed E-state index contributed by atoms with van der Waals surface area (Å²) in [7, 11) is 1.56. The zero-order valence-electron chi connectivity index (χ0n) is 17.3. The van der Waals surface area contributed by atoms with Crippen molar-refractivity contribution >= 4 is 39.6 Å². The van der Waals surface area contributed by atoms with Crippen molar-refractivity contribution in [3.63, 3.8) is 0 Å². The van der Waals surface area contributed by atoms with Gasteiger partial charge in [0.1, 0.15) is 6.42 Å². The highest BCUT2D eigenvalue weighted by molar-refractivity contribution is 9.10. The number of methoxy groups -OCH3 is 1. The van der Waals surface area contributed by atoms with Crippen LogP contribution in [0, 0.1) is 6.92 Å². The minimum absolute atomic E-state index is 0.330. The molecular formula is C22H26BrN3O4. The Bertz CT molecular complexity index is 915. The molecule has 0 fully saturated rings. The quantitative estimate of drug-likeness (QED) is 0.230. The molecule has 2 aromatic carbocycles. The number of para-hydroxylation sites is 1. The van der Waals surface area contributed by atoms with Gasteiger partial charge in [0.15, 0.2) is 11.5 Å². The summed E-state index contributed by atoms with van der Waals surface area (Å²) >= 11 is 3.47. The Morgan fingerprint density at radius 2 is 1.97 bits per heavy atom. The highest BCUT2D eigenvalue weighted by Crippen LogP contribution is 2.36. The topological polar surface area (TPSA) is 89.0 Å². The molecule has 0 aliphatic heterocycles. The second kappa shape index (κ2) is 12.0. The maximum absolute atomic E-state index is 12.0. The number of hydrogen-bond donors (Lipinski definition) is 2. The van der Waals surface area contributed by atoms with Gasteiger partial charge in [-0.05, 0) is 58.6 Å². The number of aryl methyl sites for hydroxylation is 1. The van der Waals surface area contributed by atoms with E-state index in [1.54, 1.807) is 19.2 Å². The first-order valence-electron chi connectivity index (χ1n) is 9.62. The van der Waals surface area contributed by atoms with Crippen LogP contribution in [0.4, 0.5) is 5.69 Å². The highest BCUT2D eigenvalue weighted by atomic mass is 79.9. The van der Waals surface area contributed by atoms with E-state index in [1.807, 2.05) is 31.2 Å². The van der Waals surface area contributed by atoms with E-state index in [1.165, 1.54) is 6.21 Å². The van der Waals surface area contributed by atoms with Crippen molar-refractivity contribution in [2.24, 2.45) is 5.10 Å². The lowest BCUT2D eigenvalue weighted by atomic mass is 10.2. The lowest BCUT2D eigenvalue weighted by Gasteiger charge is -2.13. The van der Waals surface area contributed by atoms with E-state index < -0.39 is 11.8 Å². The predicted molar refractivity (Wildman–Crippen MR) is 121 cm³/mol. The number of unbranched alkanes of at least 4 members (excludes halogenated alkanes) is 1. The number of hydrazone groups is 1. The summed E-state index contributed by atoms with van der Waals surface area (Å²) in [6.07, 6.45) is 3.12. The highest BCUT2D eigenvalue weighted by Gasteiger charge is 2.12. The Labute approximate surface area is 185 Å². The molecule has 2 N–H and O–H groups in total. The average Bonchev–Trinajstić information content (AvgIpc) is 2.71. The molecule has 0 spiro atoms. The molecule has 0 aliphatic carbocycles. The molecule has 0 atom stereocenters. The number of benzene rings is 2. The van der Waals surface area contributed by atoms with Crippen LogP contribution < -0.4 is 20.2 Å². The molecule has 0 radical (unpaired) electrons. The lowest BCUT2D eigenvalue weighted by Crippen LogP contribution is -2.24. The van der Waals surface area contributed by atoms with Gasteiger partial charge < -0.3 is 14.8 Å². The number of carbonyl (C=O) groups is 2. The third-order valence-electron chi connectivity index (χ3n) is 4.14. The Balaban J connectivity index is 1.92. The van der Waals surface area contributed by atoms with E-state index in [4.69, 9.17) is 9.47 Å². The first-order valence-corrected chi connectivity index (χ1v) is 10.4. The van der Waals surface area contributed by atoms with Gasteiger partial charge >= 0.3 is 0 Å². The van der Waals surface area contributed by atoms with E-state index in [2.05, 4.69) is 38.7 Å². The van der Waals surface area contributed by atoms with Crippen LogP contribution in [0.3, 0.4) is 0 Å². The number of halogens is 1. The summed E-state index contributed by atoms with van der Waals surface area (Å²) in [5.74, 6) is 0.267. The molecular weight excluding hydrogens is 450 g/mol. The molecule has 0 bridgehead atoms. The second-order valence-electron chi connectivity index (χ2n) is 6.57. The second-order valence-corrected chi connectivity index (χ2v) is 7.42. The summed E-state index contributed by atoms with van der Waals surface area (Å²) in [4.78, 5) is 24.0. The van der Waals surface area contributed by atoms with Crippen LogP contribution >= 0.6 is 15.9 Å². The van der Waals surface area contributed by atoms with Gasteiger partial charge in [0.25, 0.3) is 0 Å². The van der Waals surface area contributed by atoms with Gasteiger partial charge in [-0.15, -0.1) is 0 Å². The zero-order valence-corrected chi connectivity index (χ0v) is 18.9. The maximum Gasteiger partial charge on any atom is 0.249 e. The molecule has 2 aromatic rings. The van der Waals surface area contributed by atoms with Crippen molar-refractivity contribution in [2.75, 3.05) is 19.0 Å². The number of amides is 2. The van der Waals surface area contributed by atoms with E-state index in [0.717, 1.165) is 22.9 Å². The van der Waals surface area contributed by atoms with Crippen LogP contribution in [0.5, 0.6) is 11.5 Å². The number of nitrogens with zero attached hydrogens (tertiary/aromatic N) is 1. The van der Waals surface area contributed by atoms with Gasteiger partial charge in [-0.2, -0.15) is 5.10 Å². The van der Waals surface area contributed by atoms with E-state index >= 15 is 0 Å². The predicted octanol–water partition coefficient (Wildman–Crippen LogP) is 4.42. The van der Waals surface area contributed by atoms with Gasteiger partial charge in [-0.1, -0.05) is 31.5 Å². The standard InChI is InChI=1S/C22H26BrN3O4/c1-4-5-10-30-22-17(23)11-16(12-19(22)29-3)14-24-26-21(28)13-20(27)25-18-9-7-6-8-15(18)2/h6-9,11-12,14H,4-5,10,13H2,1-3H3,(H,25,27)(H,26,28). The monoisotopic (exact) mass is 475 g/mol. The molecule has 0 heterocycles. The Morgan fingerprint density at radius 1 is 1.20 bits per heavy atom. The largest absolute Gasteiger partial charge is 0.493 e. The van der Waals surface area contributed by atoms with Crippen molar-refractivity contribution in [2.45, 2.75) is 33.1 Å². The van der Waals surface area contributed by atoms with Gasteiger partial charge in [0, 0.05) is 5.69 Å². The van der Waals surface area contributed by atoms with E-state index in [9.17, 15) is 9.59 Å². The van der Waals surface area contributed by atoms with Crippen molar-refractivity contribution in [1.82, 2.24) is 5.43 Å². The van der Waals surface area contributed by atoms with Crippen LogP contribution in [-0.4, -0.2) is 31.7 Å². The van der Waals surface area contributed by atoms with Crippen molar-refractivity contribution in [3.05, 3.63) is 52.0 Å². The SMILES string of the molecule is CCCCOc1c(Br)cc(C=NNC(=O)CC(=O)Nc2ccccc2C)cc1OC. The van der Waals surface area contributed by atoms with Crippen LogP contribution in [-0.2, 0) is 9.59 Å². The van der Waals surface area contributed by atoms with Crippen LogP contribution in [0.2, 0.25) is 0 Å². The van der Waals surface area contributed by atoms with Crippen molar-refractivity contribution in [3.8, 4) is 11.5 Å². The number of carbonyl (C=O) groups excluding carboxylic acids is 2. The molecule has 8 heteroatoms. The van der Waals surface area contributed by atoms with E-state index in [-0.39, 0.29) is 6.42 Å². The third-order valence-corrected chi connectivity index (χ3v) is 4.73. The van der Waals surface area contributed by atoms with E-state index in [0.29, 0.717) is 29.4 Å². The summed E-state index contributed by atoms with van der Waals surface area (Å²) in [6, 6.07) is 10.9. The molecule has 0 aliphatic rings. The van der Waals surface area contributed by atoms with Crippen LogP contribution in [0.25, 0.3) is 0 Å². The number of anilines is 1. The molecule has 2 rings (SSSR count). The van der Waals surface area contributed by atoms with Gasteiger partial charge in [-0.3, -0.25) is 9.59 Å². The Kier molecular flexibility index (Phi) is 9.34. The maximum atomic E-state index is 12.0. The molecule has 0 unspecified atom stereocenters. The fraction of sp³-hybridized carbons (Fsp3) is 0.318. The molecule has 160 valence electrons. The average molecular weight is 476 g/mol. The number of hydrogen-bond acceptors (Lipinski definition) is 5. The fourth-order valence-electron chi connectivity index (χ4n) is 2.54. The summed E-state index contributed by atoms with van der Waals surface area (Å²) < 4.78 is 11.9. The Hall–Kier alpha value is -2.87. The van der Waals surface area contributed by atoms with Gasteiger partial charge in [0.2, 0.25) is 11.8 Å². The smallest absolute Gasteiger partial charge is 0.249 e. The molecule has 0 saturated heterocycles. The minimum atomic E-state index is -0.511.